The standard InChI is InChI=1S/C44H48ClN6O7P/c1-58-36-26-31(17-16-29(36)25-38-46-27-33(45)34(47-38)24-30-11-7-8-14-37(30)59(2,3)57)49-20-22-50(23-21-49)40(53)15-6-4-5-10-28-12-9-13-32-41(28)44(56)51(43(32)55)35-18-19-39(52)48-42(35)54/h7-9,11-14,16-17,26-27,35H,4-6,10,15,18-25H2,1-3H3,(H,48,52,54). The number of piperazine rings is 1. The van der Waals surface area contributed by atoms with Gasteiger partial charge in [0.15, 0.2) is 0 Å². The number of imide groups is 2. The number of halogens is 1. The van der Waals surface area contributed by atoms with Gasteiger partial charge in [0.1, 0.15) is 24.8 Å². The number of anilines is 1. The molecule has 3 aliphatic heterocycles. The van der Waals surface area contributed by atoms with Crippen molar-refractivity contribution in [2.75, 3.05) is 51.5 Å². The van der Waals surface area contributed by atoms with Gasteiger partial charge in [0, 0.05) is 80.7 Å². The Labute approximate surface area is 348 Å². The fourth-order valence-corrected chi connectivity index (χ4v) is 9.65. The maximum atomic E-state index is 13.4. The minimum absolute atomic E-state index is 0.0717. The number of carbonyl (C=O) groups is 5. The van der Waals surface area contributed by atoms with Crippen LogP contribution in [0.2, 0.25) is 5.02 Å². The molecule has 0 radical (unpaired) electrons. The molecule has 308 valence electrons. The highest BCUT2D eigenvalue weighted by Gasteiger charge is 2.45. The van der Waals surface area contributed by atoms with Gasteiger partial charge in [-0.25, -0.2) is 9.97 Å². The van der Waals surface area contributed by atoms with E-state index in [9.17, 15) is 28.5 Å². The minimum atomic E-state index is -2.49. The topological polar surface area (TPSA) is 159 Å². The highest BCUT2D eigenvalue weighted by atomic mass is 35.5. The summed E-state index contributed by atoms with van der Waals surface area (Å²) in [5.74, 6) is -0.615. The van der Waals surface area contributed by atoms with Crippen molar-refractivity contribution in [1.82, 2.24) is 25.1 Å². The van der Waals surface area contributed by atoms with Crippen LogP contribution in [0.25, 0.3) is 0 Å². The third-order valence-corrected chi connectivity index (χ3v) is 13.2. The number of nitrogens with one attached hydrogen (secondary N) is 1. The summed E-state index contributed by atoms with van der Waals surface area (Å²) < 4.78 is 18.7. The number of aryl methyl sites for hydroxylation is 1. The predicted octanol–water partition coefficient (Wildman–Crippen LogP) is 5.42. The van der Waals surface area contributed by atoms with E-state index in [0.29, 0.717) is 86.1 Å². The number of rotatable bonds is 14. The maximum Gasteiger partial charge on any atom is 0.262 e. The Hall–Kier alpha value is -5.39. The van der Waals surface area contributed by atoms with Gasteiger partial charge in [0.25, 0.3) is 11.8 Å². The van der Waals surface area contributed by atoms with Gasteiger partial charge in [-0.05, 0) is 62.3 Å². The monoisotopic (exact) mass is 838 g/mol. The first-order valence-corrected chi connectivity index (χ1v) is 23.0. The second-order valence-electron chi connectivity index (χ2n) is 15.6. The van der Waals surface area contributed by atoms with Crippen LogP contribution in [0.3, 0.4) is 0 Å². The summed E-state index contributed by atoms with van der Waals surface area (Å²) in [5, 5.41) is 3.51. The Morgan fingerprint density at radius 3 is 2.41 bits per heavy atom. The molecule has 13 nitrogen and oxygen atoms in total. The molecule has 15 heteroatoms. The van der Waals surface area contributed by atoms with Gasteiger partial charge >= 0.3 is 0 Å². The molecule has 5 amide bonds. The average Bonchev–Trinajstić information content (AvgIpc) is 3.47. The van der Waals surface area contributed by atoms with Gasteiger partial charge in [0.05, 0.1) is 29.0 Å². The molecule has 0 bridgehead atoms. The molecule has 1 aromatic heterocycles. The number of benzene rings is 3. The number of carbonyl (C=O) groups excluding carboxylic acids is 5. The zero-order chi connectivity index (χ0) is 41.8. The molecule has 0 spiro atoms. The van der Waals surface area contributed by atoms with Gasteiger partial charge in [0.2, 0.25) is 17.7 Å². The summed E-state index contributed by atoms with van der Waals surface area (Å²) in [6, 6.07) is 18.0. The van der Waals surface area contributed by atoms with Crippen molar-refractivity contribution in [2.45, 2.75) is 63.8 Å². The molecule has 1 atom stereocenters. The van der Waals surface area contributed by atoms with E-state index >= 15 is 0 Å². The third kappa shape index (κ3) is 9.26. The molecule has 7 rings (SSSR count). The quantitative estimate of drug-likeness (QED) is 0.0988. The van der Waals surface area contributed by atoms with Crippen LogP contribution < -0.4 is 20.3 Å². The lowest BCUT2D eigenvalue weighted by molar-refractivity contribution is -0.136. The molecule has 4 heterocycles. The van der Waals surface area contributed by atoms with Gasteiger partial charge < -0.3 is 19.1 Å². The van der Waals surface area contributed by atoms with E-state index in [2.05, 4.69) is 21.3 Å². The van der Waals surface area contributed by atoms with E-state index < -0.39 is 36.8 Å². The Morgan fingerprint density at radius 1 is 0.898 bits per heavy atom. The van der Waals surface area contributed by atoms with Gasteiger partial charge in [-0.1, -0.05) is 60.5 Å². The second kappa shape index (κ2) is 17.8. The molecule has 2 fully saturated rings. The van der Waals surface area contributed by atoms with Crippen molar-refractivity contribution in [2.24, 2.45) is 0 Å². The van der Waals surface area contributed by atoms with Crippen LogP contribution in [-0.4, -0.2) is 102 Å². The van der Waals surface area contributed by atoms with Crippen LogP contribution in [0.15, 0.2) is 66.9 Å². The van der Waals surface area contributed by atoms with E-state index in [4.69, 9.17) is 21.3 Å². The molecular weight excluding hydrogens is 791 g/mol. The molecule has 3 aromatic carbocycles. The molecule has 1 N–H and O–H groups in total. The summed E-state index contributed by atoms with van der Waals surface area (Å²) in [6.07, 6.45) is 5.88. The van der Waals surface area contributed by atoms with Crippen molar-refractivity contribution < 1.29 is 33.3 Å². The number of hydrogen-bond donors (Lipinski definition) is 1. The molecular formula is C44H48ClN6O7P. The number of methoxy groups -OCH3 is 1. The predicted molar refractivity (Wildman–Crippen MR) is 225 cm³/mol. The van der Waals surface area contributed by atoms with Crippen LogP contribution in [0, 0.1) is 0 Å². The van der Waals surface area contributed by atoms with Crippen molar-refractivity contribution in [3.05, 3.63) is 111 Å². The zero-order valence-electron chi connectivity index (χ0n) is 33.5. The van der Waals surface area contributed by atoms with Crippen LogP contribution in [0.5, 0.6) is 5.75 Å². The van der Waals surface area contributed by atoms with Crippen LogP contribution in [0.1, 0.15) is 87.4 Å². The smallest absolute Gasteiger partial charge is 0.262 e. The van der Waals surface area contributed by atoms with E-state index in [1.807, 2.05) is 47.4 Å². The summed E-state index contributed by atoms with van der Waals surface area (Å²) in [5.41, 5.74) is 4.89. The summed E-state index contributed by atoms with van der Waals surface area (Å²) >= 11 is 6.54. The van der Waals surface area contributed by atoms with Gasteiger partial charge in [-0.15, -0.1) is 0 Å². The van der Waals surface area contributed by atoms with E-state index in [1.165, 1.54) is 0 Å². The Morgan fingerprint density at radius 2 is 1.66 bits per heavy atom. The fraction of sp³-hybridized carbons (Fsp3) is 0.386. The minimum Gasteiger partial charge on any atom is -0.496 e. The first kappa shape index (κ1) is 41.8. The summed E-state index contributed by atoms with van der Waals surface area (Å²) in [6.45, 7) is 6.11. The van der Waals surface area contributed by atoms with Crippen LogP contribution in [0.4, 0.5) is 5.69 Å². The first-order chi connectivity index (χ1) is 28.3. The first-order valence-electron chi connectivity index (χ1n) is 20.0. The normalized spacial score (nSPS) is 17.0. The molecule has 0 saturated carbocycles. The van der Waals surface area contributed by atoms with Crippen LogP contribution >= 0.6 is 18.7 Å². The molecule has 4 aromatic rings. The van der Waals surface area contributed by atoms with Gasteiger partial charge in [-0.3, -0.25) is 34.2 Å². The molecule has 59 heavy (non-hydrogen) atoms. The zero-order valence-corrected chi connectivity index (χ0v) is 35.2. The SMILES string of the molecule is COc1cc(N2CCN(C(=O)CCCCCc3cccc4c3C(=O)N(C3CCC(=O)NC3=O)C4=O)CC2)ccc1Cc1ncc(Cl)c(Cc2ccccc2P(C)(C)=O)n1. The number of fused-ring (bicyclic) bond motifs is 1. The Balaban J connectivity index is 0.882. The number of hydrogen-bond acceptors (Lipinski definition) is 10. The number of piperidine rings is 1. The molecule has 1 unspecified atom stereocenters. The lowest BCUT2D eigenvalue weighted by Crippen LogP contribution is -2.54. The lowest BCUT2D eigenvalue weighted by Gasteiger charge is -2.36. The van der Waals surface area contributed by atoms with E-state index in [0.717, 1.165) is 45.4 Å². The van der Waals surface area contributed by atoms with Crippen molar-refractivity contribution in [1.29, 1.82) is 0 Å². The average molecular weight is 839 g/mol. The second-order valence-corrected chi connectivity index (χ2v) is 19.2. The third-order valence-electron chi connectivity index (χ3n) is 11.3. The van der Waals surface area contributed by atoms with Crippen molar-refractivity contribution >= 4 is 59.3 Å². The highest BCUT2D eigenvalue weighted by molar-refractivity contribution is 7.70. The number of nitrogens with zero attached hydrogens (tertiary/aromatic N) is 5. The Kier molecular flexibility index (Phi) is 12.6. The molecule has 0 aliphatic carbocycles. The number of ether oxygens (including phenoxy) is 1. The summed E-state index contributed by atoms with van der Waals surface area (Å²) in [4.78, 5) is 78.3. The van der Waals surface area contributed by atoms with Crippen LogP contribution in [-0.2, 0) is 38.2 Å². The van der Waals surface area contributed by atoms with Crippen molar-refractivity contribution in [3.8, 4) is 5.75 Å². The van der Waals surface area contributed by atoms with Crippen molar-refractivity contribution in [3.63, 3.8) is 0 Å². The van der Waals surface area contributed by atoms with E-state index in [-0.39, 0.29) is 24.3 Å². The molecule has 2 saturated heterocycles. The molecule has 3 aliphatic rings. The summed E-state index contributed by atoms with van der Waals surface area (Å²) in [7, 11) is -0.853. The largest absolute Gasteiger partial charge is 0.496 e. The van der Waals surface area contributed by atoms with E-state index in [1.54, 1.807) is 38.8 Å². The fourth-order valence-electron chi connectivity index (χ4n) is 8.20. The Bertz CT molecular complexity index is 2360. The highest BCUT2D eigenvalue weighted by Crippen LogP contribution is 2.37. The number of unbranched alkanes of at least 4 members (excludes halogenated alkanes) is 2. The number of amides is 5. The lowest BCUT2D eigenvalue weighted by atomic mass is 9.97. The number of aromatic nitrogens is 2. The van der Waals surface area contributed by atoms with Gasteiger partial charge in [-0.2, -0.15) is 0 Å². The maximum absolute atomic E-state index is 13.4.